The van der Waals surface area contributed by atoms with Gasteiger partial charge >= 0.3 is 0 Å². The summed E-state index contributed by atoms with van der Waals surface area (Å²) < 4.78 is 0. The zero-order valence-electron chi connectivity index (χ0n) is 13.5. The predicted octanol–water partition coefficient (Wildman–Crippen LogP) is 3.22. The minimum Gasteiger partial charge on any atom is -0.370 e. The van der Waals surface area contributed by atoms with Gasteiger partial charge in [-0.3, -0.25) is 4.99 Å². The van der Waals surface area contributed by atoms with E-state index in [9.17, 15) is 0 Å². The Bertz CT molecular complexity index is 614. The van der Waals surface area contributed by atoms with Gasteiger partial charge in [-0.15, -0.1) is 11.3 Å². The quantitative estimate of drug-likeness (QED) is 0.635. The van der Waals surface area contributed by atoms with Gasteiger partial charge in [-0.2, -0.15) is 0 Å². The van der Waals surface area contributed by atoms with Crippen molar-refractivity contribution in [2.45, 2.75) is 27.2 Å². The van der Waals surface area contributed by atoms with E-state index in [-0.39, 0.29) is 0 Å². The number of rotatable bonds is 6. The number of guanidine groups is 1. The molecular weight excluding hydrogens is 292 g/mol. The van der Waals surface area contributed by atoms with Crippen molar-refractivity contribution in [3.8, 4) is 11.3 Å². The second kappa shape index (κ2) is 7.94. The van der Waals surface area contributed by atoms with Crippen molar-refractivity contribution in [1.29, 1.82) is 0 Å². The molecule has 1 aromatic heterocycles. The lowest BCUT2D eigenvalue weighted by Crippen LogP contribution is -2.33. The number of nitrogens with one attached hydrogen (secondary N) is 1. The first kappa shape index (κ1) is 16.5. The summed E-state index contributed by atoms with van der Waals surface area (Å²) in [5.74, 6) is 1.06. The first-order valence-electron chi connectivity index (χ1n) is 7.60. The summed E-state index contributed by atoms with van der Waals surface area (Å²) in [5, 5.41) is 6.34. The van der Waals surface area contributed by atoms with E-state index < -0.39 is 0 Å². The van der Waals surface area contributed by atoms with Crippen LogP contribution in [0.1, 0.15) is 24.4 Å². The highest BCUT2D eigenvalue weighted by atomic mass is 32.1. The highest BCUT2D eigenvalue weighted by molar-refractivity contribution is 7.09. The average molecular weight is 316 g/mol. The van der Waals surface area contributed by atoms with Crippen molar-refractivity contribution in [2.75, 3.05) is 13.1 Å². The Morgan fingerprint density at radius 2 is 2.05 bits per heavy atom. The molecule has 0 fully saturated rings. The second-order valence-electron chi connectivity index (χ2n) is 5.75. The summed E-state index contributed by atoms with van der Waals surface area (Å²) in [5.41, 5.74) is 9.32. The van der Waals surface area contributed by atoms with Gasteiger partial charge < -0.3 is 11.1 Å². The van der Waals surface area contributed by atoms with Crippen LogP contribution in [-0.2, 0) is 6.42 Å². The number of benzene rings is 1. The summed E-state index contributed by atoms with van der Waals surface area (Å²) in [6, 6.07) is 8.54. The molecule has 0 aliphatic heterocycles. The molecule has 4 nitrogen and oxygen atoms in total. The molecular formula is C17H24N4S. The zero-order chi connectivity index (χ0) is 15.9. The molecule has 1 heterocycles. The topological polar surface area (TPSA) is 63.3 Å². The fraction of sp³-hybridized carbons (Fsp3) is 0.412. The van der Waals surface area contributed by atoms with E-state index in [0.717, 1.165) is 30.2 Å². The minimum absolute atomic E-state index is 0.530. The van der Waals surface area contributed by atoms with Gasteiger partial charge in [0, 0.05) is 24.0 Å². The van der Waals surface area contributed by atoms with Gasteiger partial charge in [0.1, 0.15) is 0 Å². The maximum Gasteiger partial charge on any atom is 0.188 e. The Labute approximate surface area is 136 Å². The number of nitrogens with two attached hydrogens (primary N) is 1. The molecule has 0 unspecified atom stereocenters. The van der Waals surface area contributed by atoms with Gasteiger partial charge in [-0.1, -0.05) is 38.1 Å². The van der Waals surface area contributed by atoms with Gasteiger partial charge in [0.25, 0.3) is 0 Å². The third kappa shape index (κ3) is 5.15. The van der Waals surface area contributed by atoms with Crippen LogP contribution in [0.2, 0.25) is 0 Å². The molecule has 1 aromatic carbocycles. The molecule has 0 atom stereocenters. The molecule has 0 saturated carbocycles. The largest absolute Gasteiger partial charge is 0.370 e. The average Bonchev–Trinajstić information content (AvgIpc) is 2.92. The molecule has 0 radical (unpaired) electrons. The van der Waals surface area contributed by atoms with Gasteiger partial charge in [0.05, 0.1) is 10.7 Å². The van der Waals surface area contributed by atoms with E-state index in [4.69, 9.17) is 5.73 Å². The number of hydrogen-bond acceptors (Lipinski definition) is 3. The van der Waals surface area contributed by atoms with Crippen LogP contribution in [0, 0.1) is 12.8 Å². The Balaban J connectivity index is 1.83. The molecule has 0 bridgehead atoms. The SMILES string of the molecule is Cc1nc(-c2ccc(CCNC(N)=NCC(C)C)cc2)cs1. The molecule has 0 aliphatic carbocycles. The number of thiazole rings is 1. The van der Waals surface area contributed by atoms with Crippen LogP contribution >= 0.6 is 11.3 Å². The molecule has 0 amide bonds. The number of hydrogen-bond donors (Lipinski definition) is 2. The fourth-order valence-electron chi connectivity index (χ4n) is 2.01. The first-order valence-corrected chi connectivity index (χ1v) is 8.48. The van der Waals surface area contributed by atoms with E-state index in [2.05, 4.69) is 58.8 Å². The lowest BCUT2D eigenvalue weighted by Gasteiger charge is -2.07. The third-order valence-electron chi connectivity index (χ3n) is 3.22. The standard InChI is InChI=1S/C17H24N4S/c1-12(2)10-20-17(18)19-9-8-14-4-6-15(7-5-14)16-11-22-13(3)21-16/h4-7,11-12H,8-10H2,1-3H3,(H3,18,19,20). The minimum atomic E-state index is 0.530. The van der Waals surface area contributed by atoms with Crippen molar-refractivity contribution in [3.63, 3.8) is 0 Å². The van der Waals surface area contributed by atoms with Crippen molar-refractivity contribution >= 4 is 17.3 Å². The van der Waals surface area contributed by atoms with Crippen LogP contribution in [0.3, 0.4) is 0 Å². The number of aryl methyl sites for hydroxylation is 1. The third-order valence-corrected chi connectivity index (χ3v) is 3.99. The summed E-state index contributed by atoms with van der Waals surface area (Å²) in [4.78, 5) is 8.79. The van der Waals surface area contributed by atoms with E-state index in [1.54, 1.807) is 11.3 Å². The second-order valence-corrected chi connectivity index (χ2v) is 6.81. The molecule has 3 N–H and O–H groups in total. The lowest BCUT2D eigenvalue weighted by molar-refractivity contribution is 0.661. The van der Waals surface area contributed by atoms with Crippen molar-refractivity contribution in [3.05, 3.63) is 40.2 Å². The van der Waals surface area contributed by atoms with E-state index >= 15 is 0 Å². The number of aromatic nitrogens is 1. The Morgan fingerprint density at radius 3 is 2.64 bits per heavy atom. The number of aliphatic imine (C=N–C) groups is 1. The van der Waals surface area contributed by atoms with Gasteiger partial charge in [0.15, 0.2) is 5.96 Å². The highest BCUT2D eigenvalue weighted by Crippen LogP contribution is 2.21. The van der Waals surface area contributed by atoms with Crippen LogP contribution in [0.15, 0.2) is 34.6 Å². The normalized spacial score (nSPS) is 11.9. The van der Waals surface area contributed by atoms with Gasteiger partial charge in [-0.25, -0.2) is 4.98 Å². The lowest BCUT2D eigenvalue weighted by atomic mass is 10.1. The smallest absolute Gasteiger partial charge is 0.188 e. The maximum absolute atomic E-state index is 5.82. The van der Waals surface area contributed by atoms with E-state index in [1.165, 1.54) is 11.1 Å². The van der Waals surface area contributed by atoms with Crippen molar-refractivity contribution in [1.82, 2.24) is 10.3 Å². The van der Waals surface area contributed by atoms with Crippen LogP contribution < -0.4 is 11.1 Å². The Hall–Kier alpha value is -1.88. The molecule has 118 valence electrons. The monoisotopic (exact) mass is 316 g/mol. The summed E-state index contributed by atoms with van der Waals surface area (Å²) in [7, 11) is 0. The maximum atomic E-state index is 5.82. The van der Waals surface area contributed by atoms with Crippen molar-refractivity contribution < 1.29 is 0 Å². The van der Waals surface area contributed by atoms with Crippen LogP contribution in [0.5, 0.6) is 0 Å². The predicted molar refractivity (Wildman–Crippen MR) is 95.3 cm³/mol. The first-order chi connectivity index (χ1) is 10.5. The van der Waals surface area contributed by atoms with E-state index in [0.29, 0.717) is 11.9 Å². The molecule has 5 heteroatoms. The zero-order valence-corrected chi connectivity index (χ0v) is 14.3. The Morgan fingerprint density at radius 1 is 1.32 bits per heavy atom. The van der Waals surface area contributed by atoms with Crippen LogP contribution in [-0.4, -0.2) is 24.0 Å². The van der Waals surface area contributed by atoms with Crippen LogP contribution in [0.4, 0.5) is 0 Å². The Kier molecular flexibility index (Phi) is 5.95. The van der Waals surface area contributed by atoms with Crippen LogP contribution in [0.25, 0.3) is 11.3 Å². The molecule has 0 saturated heterocycles. The van der Waals surface area contributed by atoms with Crippen molar-refractivity contribution in [2.24, 2.45) is 16.6 Å². The highest BCUT2D eigenvalue weighted by Gasteiger charge is 2.02. The molecule has 0 spiro atoms. The summed E-state index contributed by atoms with van der Waals surface area (Å²) in [6.45, 7) is 7.84. The number of nitrogens with zero attached hydrogens (tertiary/aromatic N) is 2. The molecule has 2 rings (SSSR count). The molecule has 2 aromatic rings. The van der Waals surface area contributed by atoms with Gasteiger partial charge in [-0.05, 0) is 24.8 Å². The summed E-state index contributed by atoms with van der Waals surface area (Å²) in [6.07, 6.45) is 0.925. The molecule has 22 heavy (non-hydrogen) atoms. The molecule has 0 aliphatic rings. The van der Waals surface area contributed by atoms with Gasteiger partial charge in [0.2, 0.25) is 0 Å². The van der Waals surface area contributed by atoms with E-state index in [1.807, 2.05) is 6.92 Å². The summed E-state index contributed by atoms with van der Waals surface area (Å²) >= 11 is 1.68. The fourth-order valence-corrected chi connectivity index (χ4v) is 2.63.